The third-order valence-electron chi connectivity index (χ3n) is 8.08. The van der Waals surface area contributed by atoms with E-state index >= 15 is 0 Å². The highest BCUT2D eigenvalue weighted by Crippen LogP contribution is 2.36. The summed E-state index contributed by atoms with van der Waals surface area (Å²) in [5, 5.41) is 21.5. The number of rotatable bonds is 16. The Labute approximate surface area is 241 Å². The second kappa shape index (κ2) is 15.7. The zero-order valence-corrected chi connectivity index (χ0v) is 26.8. The second-order valence-corrected chi connectivity index (χ2v) is 14.0. The van der Waals surface area contributed by atoms with Crippen LogP contribution in [0.15, 0.2) is 24.3 Å². The van der Waals surface area contributed by atoms with Gasteiger partial charge in [-0.25, -0.2) is 0 Å². The number of aryl methyl sites for hydroxylation is 4. The number of unbranched alkanes of at least 4 members (excludes halogenated alkanes) is 8. The Morgan fingerprint density at radius 2 is 0.769 bits per heavy atom. The molecule has 220 valence electrons. The lowest BCUT2D eigenvalue weighted by atomic mass is 9.83. The van der Waals surface area contributed by atoms with Crippen molar-refractivity contribution in [2.45, 2.75) is 163 Å². The molecule has 0 aliphatic rings. The Morgan fingerprint density at radius 1 is 0.462 bits per heavy atom. The minimum absolute atomic E-state index is 0.0278. The summed E-state index contributed by atoms with van der Waals surface area (Å²) in [6, 6.07) is 9.00. The van der Waals surface area contributed by atoms with E-state index < -0.39 is 0 Å². The number of hydrogen-bond acceptors (Lipinski definition) is 2. The molecule has 0 spiro atoms. The molecule has 0 atom stereocenters. The monoisotopic (exact) mass is 536 g/mol. The van der Waals surface area contributed by atoms with Crippen LogP contribution in [-0.4, -0.2) is 10.2 Å². The number of phenols is 2. The van der Waals surface area contributed by atoms with Crippen LogP contribution in [0, 0.1) is 0 Å². The van der Waals surface area contributed by atoms with Gasteiger partial charge in [0.2, 0.25) is 0 Å². The fourth-order valence-corrected chi connectivity index (χ4v) is 5.77. The van der Waals surface area contributed by atoms with E-state index in [0.717, 1.165) is 60.8 Å². The molecule has 0 fully saturated rings. The standard InChI is InChI=1S/C37H60O2/c1-9-20-30-24-28(26-32(34(30)38)36(3,4)5)22-18-16-14-12-11-13-15-17-19-23-29-25-31(21-10-2)35(39)33(27-29)37(6,7)8/h24-27,38-39H,9-23H2,1-8H3. The Morgan fingerprint density at radius 3 is 1.05 bits per heavy atom. The average molecular weight is 537 g/mol. The molecular weight excluding hydrogens is 476 g/mol. The highest BCUT2D eigenvalue weighted by Gasteiger charge is 2.22. The highest BCUT2D eigenvalue weighted by molar-refractivity contribution is 5.48. The van der Waals surface area contributed by atoms with Crippen LogP contribution in [0.25, 0.3) is 0 Å². The highest BCUT2D eigenvalue weighted by atomic mass is 16.3. The van der Waals surface area contributed by atoms with Gasteiger partial charge in [0.15, 0.2) is 0 Å². The molecule has 0 saturated heterocycles. The molecule has 0 unspecified atom stereocenters. The number of phenolic OH excluding ortho intramolecular Hbond substituents is 2. The summed E-state index contributed by atoms with van der Waals surface area (Å²) in [5.74, 6) is 1.04. The minimum Gasteiger partial charge on any atom is -0.507 e. The zero-order valence-electron chi connectivity index (χ0n) is 26.8. The van der Waals surface area contributed by atoms with Gasteiger partial charge < -0.3 is 10.2 Å². The van der Waals surface area contributed by atoms with Crippen LogP contribution in [0.2, 0.25) is 0 Å². The molecule has 0 amide bonds. The van der Waals surface area contributed by atoms with Gasteiger partial charge in [0.1, 0.15) is 11.5 Å². The van der Waals surface area contributed by atoms with Crippen molar-refractivity contribution in [2.24, 2.45) is 0 Å². The molecule has 39 heavy (non-hydrogen) atoms. The largest absolute Gasteiger partial charge is 0.507 e. The smallest absolute Gasteiger partial charge is 0.122 e. The van der Waals surface area contributed by atoms with Crippen LogP contribution in [0.5, 0.6) is 11.5 Å². The van der Waals surface area contributed by atoms with Crippen molar-refractivity contribution in [3.05, 3.63) is 57.6 Å². The summed E-state index contributed by atoms with van der Waals surface area (Å²) in [6.07, 6.45) is 18.0. The first-order valence-electron chi connectivity index (χ1n) is 16.1. The maximum absolute atomic E-state index is 10.8. The van der Waals surface area contributed by atoms with Crippen LogP contribution in [0.4, 0.5) is 0 Å². The maximum Gasteiger partial charge on any atom is 0.122 e. The third kappa shape index (κ3) is 10.8. The van der Waals surface area contributed by atoms with Gasteiger partial charge in [-0.1, -0.05) is 137 Å². The summed E-state index contributed by atoms with van der Waals surface area (Å²) >= 11 is 0. The van der Waals surface area contributed by atoms with Crippen molar-refractivity contribution >= 4 is 0 Å². The van der Waals surface area contributed by atoms with Gasteiger partial charge >= 0.3 is 0 Å². The van der Waals surface area contributed by atoms with E-state index in [1.165, 1.54) is 68.9 Å². The topological polar surface area (TPSA) is 40.5 Å². The molecule has 2 heteroatoms. The molecule has 2 aromatic carbocycles. The van der Waals surface area contributed by atoms with Gasteiger partial charge in [0.05, 0.1) is 0 Å². The fourth-order valence-electron chi connectivity index (χ4n) is 5.77. The van der Waals surface area contributed by atoms with Crippen molar-refractivity contribution in [3.63, 3.8) is 0 Å². The third-order valence-corrected chi connectivity index (χ3v) is 8.08. The molecule has 0 bridgehead atoms. The lowest BCUT2D eigenvalue weighted by Crippen LogP contribution is -2.13. The molecule has 2 N–H and O–H groups in total. The van der Waals surface area contributed by atoms with Gasteiger partial charge in [0, 0.05) is 0 Å². The minimum atomic E-state index is -0.0278. The molecule has 0 saturated carbocycles. The molecule has 0 aromatic heterocycles. The van der Waals surface area contributed by atoms with Crippen molar-refractivity contribution in [1.29, 1.82) is 0 Å². The quantitative estimate of drug-likeness (QED) is 0.209. The molecule has 0 radical (unpaired) electrons. The van der Waals surface area contributed by atoms with Crippen molar-refractivity contribution in [3.8, 4) is 11.5 Å². The van der Waals surface area contributed by atoms with E-state index in [-0.39, 0.29) is 10.8 Å². The first-order valence-corrected chi connectivity index (χ1v) is 16.1. The van der Waals surface area contributed by atoms with Crippen LogP contribution in [-0.2, 0) is 36.5 Å². The Bertz CT molecular complexity index is 922. The van der Waals surface area contributed by atoms with E-state index in [9.17, 15) is 10.2 Å². The van der Waals surface area contributed by atoms with Crippen LogP contribution < -0.4 is 0 Å². The van der Waals surface area contributed by atoms with Gasteiger partial charge in [-0.3, -0.25) is 0 Å². The molecule has 2 rings (SSSR count). The first kappa shape index (κ1) is 33.2. The van der Waals surface area contributed by atoms with E-state index in [1.54, 1.807) is 0 Å². The van der Waals surface area contributed by atoms with Crippen molar-refractivity contribution < 1.29 is 10.2 Å². The SMILES string of the molecule is CCCc1cc(CCCCCCCCCCCc2cc(CCC)c(O)c(C(C)(C)C)c2)cc(C(C)(C)C)c1O. The predicted octanol–water partition coefficient (Wildman–Crippen LogP) is 10.9. The van der Waals surface area contributed by atoms with Gasteiger partial charge in [0.25, 0.3) is 0 Å². The molecule has 2 nitrogen and oxygen atoms in total. The Hall–Kier alpha value is -1.96. The summed E-state index contributed by atoms with van der Waals surface area (Å²) in [6.45, 7) is 17.5. The number of hydrogen-bond donors (Lipinski definition) is 2. The summed E-state index contributed by atoms with van der Waals surface area (Å²) in [4.78, 5) is 0. The second-order valence-electron chi connectivity index (χ2n) is 14.0. The molecule has 0 aliphatic carbocycles. The molecule has 0 heterocycles. The number of benzene rings is 2. The van der Waals surface area contributed by atoms with Gasteiger partial charge in [-0.05, 0) is 82.7 Å². The van der Waals surface area contributed by atoms with Crippen LogP contribution >= 0.6 is 0 Å². The zero-order chi connectivity index (χ0) is 29.1. The number of aromatic hydroxyl groups is 2. The summed E-state index contributed by atoms with van der Waals surface area (Å²) in [5.41, 5.74) is 7.19. The van der Waals surface area contributed by atoms with E-state index in [2.05, 4.69) is 79.7 Å². The normalized spacial score (nSPS) is 12.3. The van der Waals surface area contributed by atoms with Crippen molar-refractivity contribution in [1.82, 2.24) is 0 Å². The Kier molecular flexibility index (Phi) is 13.4. The molecular formula is C37H60O2. The fraction of sp³-hybridized carbons (Fsp3) is 0.676. The van der Waals surface area contributed by atoms with Crippen LogP contribution in [0.3, 0.4) is 0 Å². The van der Waals surface area contributed by atoms with E-state index in [1.807, 2.05) is 0 Å². The van der Waals surface area contributed by atoms with Crippen molar-refractivity contribution in [2.75, 3.05) is 0 Å². The van der Waals surface area contributed by atoms with Gasteiger partial charge in [-0.2, -0.15) is 0 Å². The first-order chi connectivity index (χ1) is 18.4. The Balaban J connectivity index is 1.67. The molecule has 2 aromatic rings. The molecule has 0 aliphatic heterocycles. The van der Waals surface area contributed by atoms with E-state index in [4.69, 9.17) is 0 Å². The van der Waals surface area contributed by atoms with E-state index in [0.29, 0.717) is 11.5 Å². The lowest BCUT2D eigenvalue weighted by Gasteiger charge is -2.23. The maximum atomic E-state index is 10.8. The average Bonchev–Trinajstić information content (AvgIpc) is 2.84. The summed E-state index contributed by atoms with van der Waals surface area (Å²) in [7, 11) is 0. The lowest BCUT2D eigenvalue weighted by molar-refractivity contribution is 0.438. The van der Waals surface area contributed by atoms with Crippen LogP contribution in [0.1, 0.15) is 159 Å². The van der Waals surface area contributed by atoms with Gasteiger partial charge in [-0.15, -0.1) is 0 Å². The summed E-state index contributed by atoms with van der Waals surface area (Å²) < 4.78 is 0. The predicted molar refractivity (Wildman–Crippen MR) is 171 cm³/mol.